The highest BCUT2D eigenvalue weighted by molar-refractivity contribution is 5.83. The van der Waals surface area contributed by atoms with Gasteiger partial charge in [-0.25, -0.2) is 4.79 Å². The van der Waals surface area contributed by atoms with E-state index in [1.807, 2.05) is 6.08 Å². The lowest BCUT2D eigenvalue weighted by Gasteiger charge is -2.46. The van der Waals surface area contributed by atoms with Crippen molar-refractivity contribution in [2.45, 2.75) is 51.2 Å². The third-order valence-corrected chi connectivity index (χ3v) is 5.41. The van der Waals surface area contributed by atoms with Gasteiger partial charge in [0.25, 0.3) is 0 Å². The monoisotopic (exact) mass is 266 g/mol. The lowest BCUT2D eigenvalue weighted by atomic mass is 9.59. The van der Waals surface area contributed by atoms with Crippen LogP contribution in [-0.4, -0.2) is 34.5 Å². The van der Waals surface area contributed by atoms with Crippen molar-refractivity contribution >= 4 is 5.97 Å². The minimum Gasteiger partial charge on any atom is -0.459 e. The highest BCUT2D eigenvalue weighted by atomic mass is 16.6. The summed E-state index contributed by atoms with van der Waals surface area (Å²) in [4.78, 5) is 11.8. The molecule has 0 aromatic carbocycles. The fourth-order valence-corrected chi connectivity index (χ4v) is 4.26. The van der Waals surface area contributed by atoms with Gasteiger partial charge in [-0.15, -0.1) is 0 Å². The summed E-state index contributed by atoms with van der Waals surface area (Å²) in [5.41, 5.74) is -0.319. The normalized spacial score (nSPS) is 49.2. The zero-order valence-corrected chi connectivity index (χ0v) is 11.6. The van der Waals surface area contributed by atoms with Crippen molar-refractivity contribution < 1.29 is 19.7 Å². The Morgan fingerprint density at radius 2 is 2.26 bits per heavy atom. The molecule has 0 bridgehead atoms. The molecule has 0 amide bonds. The quantitative estimate of drug-likeness (QED) is 0.556. The van der Waals surface area contributed by atoms with Crippen molar-refractivity contribution in [1.82, 2.24) is 0 Å². The number of ether oxygens (including phenoxy) is 1. The molecular weight excluding hydrogens is 244 g/mol. The van der Waals surface area contributed by atoms with Gasteiger partial charge in [0.2, 0.25) is 0 Å². The number of carbonyl (C=O) groups is 1. The SMILES string of the molecule is C[C@H]1CCC[C@]2(C)C[C@@H]3OC(=O)[C@@](O)(CO)[C@@H]3C=C12. The molecule has 3 rings (SSSR count). The Morgan fingerprint density at radius 3 is 2.95 bits per heavy atom. The lowest BCUT2D eigenvalue weighted by molar-refractivity contribution is -0.158. The molecular formula is C15H22O4. The Balaban J connectivity index is 2.03. The molecule has 106 valence electrons. The first kappa shape index (κ1) is 13.1. The molecule has 2 aliphatic carbocycles. The summed E-state index contributed by atoms with van der Waals surface area (Å²) in [7, 11) is 0. The maximum Gasteiger partial charge on any atom is 0.341 e. The minimum atomic E-state index is -1.74. The average molecular weight is 266 g/mol. The van der Waals surface area contributed by atoms with Crippen LogP contribution in [0, 0.1) is 17.3 Å². The molecule has 5 atom stereocenters. The molecule has 3 aliphatic rings. The fourth-order valence-electron chi connectivity index (χ4n) is 4.26. The maximum absolute atomic E-state index is 11.8. The van der Waals surface area contributed by atoms with Gasteiger partial charge in [0.1, 0.15) is 6.10 Å². The molecule has 0 spiro atoms. The second-order valence-electron chi connectivity index (χ2n) is 6.73. The summed E-state index contributed by atoms with van der Waals surface area (Å²) in [5, 5.41) is 19.7. The summed E-state index contributed by atoms with van der Waals surface area (Å²) in [6.07, 6.45) is 5.97. The van der Waals surface area contributed by atoms with Crippen molar-refractivity contribution in [3.05, 3.63) is 11.6 Å². The molecule has 2 fully saturated rings. The van der Waals surface area contributed by atoms with Gasteiger partial charge in [0, 0.05) is 0 Å². The molecule has 19 heavy (non-hydrogen) atoms. The number of aliphatic hydroxyl groups excluding tert-OH is 1. The molecule has 1 aliphatic heterocycles. The van der Waals surface area contributed by atoms with Crippen LogP contribution in [0.3, 0.4) is 0 Å². The van der Waals surface area contributed by atoms with Crippen molar-refractivity contribution in [1.29, 1.82) is 0 Å². The minimum absolute atomic E-state index is 0.0832. The van der Waals surface area contributed by atoms with E-state index in [1.54, 1.807) is 0 Å². The van der Waals surface area contributed by atoms with Crippen molar-refractivity contribution in [2.24, 2.45) is 17.3 Å². The first-order chi connectivity index (χ1) is 8.90. The van der Waals surface area contributed by atoms with Gasteiger partial charge >= 0.3 is 5.97 Å². The summed E-state index contributed by atoms with van der Waals surface area (Å²) >= 11 is 0. The molecule has 0 radical (unpaired) electrons. The van der Waals surface area contributed by atoms with Crippen molar-refractivity contribution in [2.75, 3.05) is 6.61 Å². The van der Waals surface area contributed by atoms with Crippen LogP contribution in [0.4, 0.5) is 0 Å². The predicted molar refractivity (Wildman–Crippen MR) is 69.2 cm³/mol. The molecule has 0 aromatic heterocycles. The van der Waals surface area contributed by atoms with E-state index in [9.17, 15) is 15.0 Å². The Bertz CT molecular complexity index is 443. The zero-order chi connectivity index (χ0) is 13.8. The largest absolute Gasteiger partial charge is 0.459 e. The van der Waals surface area contributed by atoms with Crippen LogP contribution in [0.25, 0.3) is 0 Å². The number of carbonyl (C=O) groups excluding carboxylic acids is 1. The highest BCUT2D eigenvalue weighted by Crippen LogP contribution is 2.54. The summed E-state index contributed by atoms with van der Waals surface area (Å²) in [6, 6.07) is 0. The van der Waals surface area contributed by atoms with E-state index in [4.69, 9.17) is 4.74 Å². The Labute approximate surface area is 113 Å². The van der Waals surface area contributed by atoms with Gasteiger partial charge in [-0.2, -0.15) is 0 Å². The summed E-state index contributed by atoms with van der Waals surface area (Å²) < 4.78 is 5.33. The van der Waals surface area contributed by atoms with Crippen LogP contribution in [0.1, 0.15) is 39.5 Å². The van der Waals surface area contributed by atoms with E-state index in [1.165, 1.54) is 12.0 Å². The third kappa shape index (κ3) is 1.69. The van der Waals surface area contributed by atoms with Crippen molar-refractivity contribution in [3.8, 4) is 0 Å². The van der Waals surface area contributed by atoms with Gasteiger partial charge in [0.15, 0.2) is 5.60 Å². The number of rotatable bonds is 1. The van der Waals surface area contributed by atoms with Crippen molar-refractivity contribution in [3.63, 3.8) is 0 Å². The van der Waals surface area contributed by atoms with Gasteiger partial charge in [0.05, 0.1) is 12.5 Å². The zero-order valence-electron chi connectivity index (χ0n) is 11.6. The van der Waals surface area contributed by atoms with E-state index in [2.05, 4.69) is 13.8 Å². The number of hydrogen-bond acceptors (Lipinski definition) is 4. The van der Waals surface area contributed by atoms with Crippen LogP contribution in [-0.2, 0) is 9.53 Å². The number of allylic oxidation sites excluding steroid dienone is 1. The molecule has 0 aromatic rings. The maximum atomic E-state index is 11.8. The standard InChI is InChI=1S/C15H22O4/c1-9-4-3-5-14(2)7-12-11(6-10(9)14)15(18,8-16)13(17)19-12/h6,9,11-12,16,18H,3-5,7-8H2,1-2H3/t9-,11+,12-,14+,15+/m0/s1. The second-order valence-corrected chi connectivity index (χ2v) is 6.73. The molecule has 1 heterocycles. The van der Waals surface area contributed by atoms with E-state index in [0.29, 0.717) is 5.92 Å². The van der Waals surface area contributed by atoms with Crippen LogP contribution in [0.5, 0.6) is 0 Å². The lowest BCUT2D eigenvalue weighted by Crippen LogP contribution is -2.48. The topological polar surface area (TPSA) is 66.8 Å². The molecule has 1 saturated carbocycles. The van der Waals surface area contributed by atoms with Gasteiger partial charge < -0.3 is 14.9 Å². The smallest absolute Gasteiger partial charge is 0.341 e. The van der Waals surface area contributed by atoms with Gasteiger partial charge in [-0.3, -0.25) is 0 Å². The van der Waals surface area contributed by atoms with E-state index in [0.717, 1.165) is 19.3 Å². The first-order valence-electron chi connectivity index (χ1n) is 7.17. The Morgan fingerprint density at radius 1 is 1.53 bits per heavy atom. The number of aliphatic hydroxyl groups is 2. The van der Waals surface area contributed by atoms with E-state index >= 15 is 0 Å². The number of fused-ring (bicyclic) bond motifs is 2. The van der Waals surface area contributed by atoms with Gasteiger partial charge in [-0.05, 0) is 30.6 Å². The fraction of sp³-hybridized carbons (Fsp3) is 0.800. The highest BCUT2D eigenvalue weighted by Gasteiger charge is 2.59. The Kier molecular flexibility index (Phi) is 2.81. The Hall–Kier alpha value is -0.870. The van der Waals surface area contributed by atoms with E-state index in [-0.39, 0.29) is 11.5 Å². The molecule has 0 unspecified atom stereocenters. The van der Waals surface area contributed by atoms with Crippen LogP contribution >= 0.6 is 0 Å². The first-order valence-corrected chi connectivity index (χ1v) is 7.17. The molecule has 4 heteroatoms. The summed E-state index contributed by atoms with van der Waals surface area (Å²) in [5.74, 6) is -0.580. The second kappa shape index (κ2) is 4.06. The van der Waals surface area contributed by atoms with Crippen LogP contribution in [0.2, 0.25) is 0 Å². The number of esters is 1. The van der Waals surface area contributed by atoms with E-state index < -0.39 is 24.1 Å². The average Bonchev–Trinajstić information content (AvgIpc) is 2.59. The van der Waals surface area contributed by atoms with Crippen LogP contribution in [0.15, 0.2) is 11.6 Å². The molecule has 2 N–H and O–H groups in total. The number of hydrogen-bond donors (Lipinski definition) is 2. The van der Waals surface area contributed by atoms with Gasteiger partial charge in [-0.1, -0.05) is 31.9 Å². The molecule has 4 nitrogen and oxygen atoms in total. The third-order valence-electron chi connectivity index (χ3n) is 5.41. The van der Waals surface area contributed by atoms with Crippen LogP contribution < -0.4 is 0 Å². The summed E-state index contributed by atoms with van der Waals surface area (Å²) in [6.45, 7) is 3.87. The molecule has 1 saturated heterocycles. The predicted octanol–water partition coefficient (Wildman–Crippen LogP) is 1.41.